The first-order chi connectivity index (χ1) is 17.6. The van der Waals surface area contributed by atoms with Crippen LogP contribution in [0.2, 0.25) is 5.02 Å². The summed E-state index contributed by atoms with van der Waals surface area (Å²) in [6, 6.07) is 15.5. The summed E-state index contributed by atoms with van der Waals surface area (Å²) in [5, 5.41) is 18.4. The van der Waals surface area contributed by atoms with Gasteiger partial charge >= 0.3 is 6.18 Å². The zero-order valence-corrected chi connectivity index (χ0v) is 19.4. The molecule has 1 amide bonds. The molecule has 37 heavy (non-hydrogen) atoms. The van der Waals surface area contributed by atoms with Crippen molar-refractivity contribution in [2.75, 3.05) is 5.32 Å². The number of hydrogen-bond acceptors (Lipinski definition) is 6. The molecule has 13 heteroatoms. The number of nitrogens with one attached hydrogen (secondary N) is 1. The fourth-order valence-electron chi connectivity index (χ4n) is 3.14. The molecule has 190 valence electrons. The van der Waals surface area contributed by atoms with E-state index in [-0.39, 0.29) is 29.6 Å². The quantitative estimate of drug-likeness (QED) is 0.204. The molecule has 9 nitrogen and oxygen atoms in total. The molecule has 3 aromatic carbocycles. The van der Waals surface area contributed by atoms with E-state index in [2.05, 4.69) is 10.4 Å². The Morgan fingerprint density at radius 3 is 2.51 bits per heavy atom. The third-order valence-corrected chi connectivity index (χ3v) is 5.03. The minimum absolute atomic E-state index is 0.0125. The van der Waals surface area contributed by atoms with E-state index in [0.717, 1.165) is 30.3 Å². The molecule has 1 N–H and O–H groups in total. The Morgan fingerprint density at radius 2 is 1.78 bits per heavy atom. The zero-order chi connectivity index (χ0) is 26.6. The van der Waals surface area contributed by atoms with Gasteiger partial charge in [-0.1, -0.05) is 23.7 Å². The normalized spacial score (nSPS) is 11.1. The Kier molecular flexibility index (Phi) is 7.30. The Bertz CT molecular complexity index is 1460. The van der Waals surface area contributed by atoms with Crippen LogP contribution in [0.1, 0.15) is 16.1 Å². The lowest BCUT2D eigenvalue weighted by Crippen LogP contribution is -2.14. The minimum atomic E-state index is -4.59. The molecule has 0 spiro atoms. The van der Waals surface area contributed by atoms with Crippen LogP contribution >= 0.6 is 11.6 Å². The number of nitro groups is 1. The number of hydrogen-bond donors (Lipinski definition) is 1. The Balaban J connectivity index is 1.48. The summed E-state index contributed by atoms with van der Waals surface area (Å²) < 4.78 is 51.3. The number of ether oxygens (including phenoxy) is 2. The summed E-state index contributed by atoms with van der Waals surface area (Å²) in [7, 11) is 0. The summed E-state index contributed by atoms with van der Waals surface area (Å²) in [6.07, 6.45) is -3.10. The molecule has 0 atom stereocenters. The van der Waals surface area contributed by atoms with Crippen LogP contribution in [0.3, 0.4) is 0 Å². The first-order valence-electron chi connectivity index (χ1n) is 10.4. The van der Waals surface area contributed by atoms with Crippen molar-refractivity contribution in [3.05, 3.63) is 105 Å². The van der Waals surface area contributed by atoms with Crippen molar-refractivity contribution in [2.24, 2.45) is 0 Å². The number of amides is 1. The van der Waals surface area contributed by atoms with E-state index in [4.69, 9.17) is 21.1 Å². The molecular formula is C24H16ClF3N4O5. The molecule has 4 aromatic rings. The van der Waals surface area contributed by atoms with Gasteiger partial charge in [-0.05, 0) is 42.5 Å². The van der Waals surface area contributed by atoms with Gasteiger partial charge in [0, 0.05) is 23.4 Å². The first-order valence-corrected chi connectivity index (χ1v) is 10.8. The average Bonchev–Trinajstić information content (AvgIpc) is 3.32. The summed E-state index contributed by atoms with van der Waals surface area (Å²) >= 11 is 5.91. The predicted octanol–water partition coefficient (Wildman–Crippen LogP) is 6.54. The molecule has 0 unspecified atom stereocenters. The van der Waals surface area contributed by atoms with E-state index < -0.39 is 28.3 Å². The van der Waals surface area contributed by atoms with Gasteiger partial charge in [0.1, 0.15) is 17.2 Å². The highest BCUT2D eigenvalue weighted by Gasteiger charge is 2.30. The number of anilines is 1. The van der Waals surface area contributed by atoms with Gasteiger partial charge in [-0.15, -0.1) is 0 Å². The molecular weight excluding hydrogens is 517 g/mol. The maximum absolute atomic E-state index is 13.0. The van der Waals surface area contributed by atoms with Crippen molar-refractivity contribution in [1.29, 1.82) is 0 Å². The van der Waals surface area contributed by atoms with Crippen molar-refractivity contribution in [1.82, 2.24) is 9.78 Å². The minimum Gasteiger partial charge on any atom is -0.471 e. The van der Waals surface area contributed by atoms with Crippen LogP contribution in [-0.4, -0.2) is 20.6 Å². The number of non-ortho nitro benzene ring substituents is 1. The molecule has 0 bridgehead atoms. The van der Waals surface area contributed by atoms with Crippen LogP contribution in [0.5, 0.6) is 17.2 Å². The number of nitrogens with zero attached hydrogens (tertiary/aromatic N) is 3. The standard InChI is InChI=1S/C24H16ClF3N4O5/c25-16-4-2-5-19(10-16)36-14-31-8-7-22(30-31)23(33)29-17-11-18(32(34)35)13-21(12-17)37-20-6-1-3-15(9-20)24(26,27)28/h1-13H,14H2,(H,29,33). The van der Waals surface area contributed by atoms with Gasteiger partial charge in [-0.3, -0.25) is 14.9 Å². The lowest BCUT2D eigenvalue weighted by molar-refractivity contribution is -0.384. The van der Waals surface area contributed by atoms with Crippen LogP contribution in [0.25, 0.3) is 0 Å². The molecule has 0 fully saturated rings. The third kappa shape index (κ3) is 6.76. The zero-order valence-electron chi connectivity index (χ0n) is 18.6. The number of alkyl halides is 3. The summed E-state index contributed by atoms with van der Waals surface area (Å²) in [5.74, 6) is -0.527. The number of halogens is 4. The fraction of sp³-hybridized carbons (Fsp3) is 0.0833. The maximum atomic E-state index is 13.0. The van der Waals surface area contributed by atoms with Crippen LogP contribution in [0, 0.1) is 10.1 Å². The molecule has 1 aromatic heterocycles. The van der Waals surface area contributed by atoms with Crippen molar-refractivity contribution in [3.8, 4) is 17.2 Å². The lowest BCUT2D eigenvalue weighted by Gasteiger charge is -2.11. The van der Waals surface area contributed by atoms with Crippen molar-refractivity contribution >= 4 is 28.9 Å². The van der Waals surface area contributed by atoms with Gasteiger partial charge in [-0.25, -0.2) is 4.68 Å². The first kappa shape index (κ1) is 25.5. The molecule has 0 aliphatic rings. The molecule has 0 saturated carbocycles. The molecule has 0 saturated heterocycles. The van der Waals surface area contributed by atoms with Crippen LogP contribution in [-0.2, 0) is 12.9 Å². The van der Waals surface area contributed by atoms with Gasteiger partial charge in [0.25, 0.3) is 11.6 Å². The van der Waals surface area contributed by atoms with Gasteiger partial charge < -0.3 is 14.8 Å². The summed E-state index contributed by atoms with van der Waals surface area (Å²) in [6.45, 7) is -0.0145. The molecule has 0 aliphatic heterocycles. The number of rotatable bonds is 8. The second-order valence-electron chi connectivity index (χ2n) is 7.53. The highest BCUT2D eigenvalue weighted by Crippen LogP contribution is 2.34. The topological polar surface area (TPSA) is 109 Å². The van der Waals surface area contributed by atoms with Crippen molar-refractivity contribution in [3.63, 3.8) is 0 Å². The van der Waals surface area contributed by atoms with Crippen molar-refractivity contribution < 1.29 is 32.4 Å². The van der Waals surface area contributed by atoms with E-state index in [9.17, 15) is 28.1 Å². The van der Waals surface area contributed by atoms with Crippen LogP contribution < -0.4 is 14.8 Å². The molecule has 1 heterocycles. The third-order valence-electron chi connectivity index (χ3n) is 4.79. The highest BCUT2D eigenvalue weighted by atomic mass is 35.5. The van der Waals surface area contributed by atoms with E-state index in [1.165, 1.54) is 29.1 Å². The number of nitro benzene ring substituents is 1. The van der Waals surface area contributed by atoms with E-state index >= 15 is 0 Å². The molecule has 0 radical (unpaired) electrons. The fourth-order valence-corrected chi connectivity index (χ4v) is 3.32. The Labute approximate surface area is 212 Å². The van der Waals surface area contributed by atoms with Gasteiger partial charge in [0.2, 0.25) is 0 Å². The second kappa shape index (κ2) is 10.6. The van der Waals surface area contributed by atoms with Gasteiger partial charge in [-0.2, -0.15) is 18.3 Å². The Hall–Kier alpha value is -4.58. The smallest absolute Gasteiger partial charge is 0.416 e. The van der Waals surface area contributed by atoms with Gasteiger partial charge in [0.15, 0.2) is 12.4 Å². The highest BCUT2D eigenvalue weighted by molar-refractivity contribution is 6.30. The van der Waals surface area contributed by atoms with Crippen LogP contribution in [0.4, 0.5) is 24.5 Å². The number of aromatic nitrogens is 2. The number of carbonyl (C=O) groups excluding carboxylic acids is 1. The maximum Gasteiger partial charge on any atom is 0.416 e. The van der Waals surface area contributed by atoms with Crippen LogP contribution in [0.15, 0.2) is 79.0 Å². The van der Waals surface area contributed by atoms with Gasteiger partial charge in [0.05, 0.1) is 22.2 Å². The summed E-state index contributed by atoms with van der Waals surface area (Å²) in [4.78, 5) is 23.3. The van der Waals surface area contributed by atoms with E-state index in [1.807, 2.05) is 0 Å². The van der Waals surface area contributed by atoms with E-state index in [1.54, 1.807) is 24.3 Å². The molecule has 4 rings (SSSR count). The van der Waals surface area contributed by atoms with Crippen molar-refractivity contribution in [2.45, 2.75) is 12.9 Å². The average molecular weight is 533 g/mol. The number of benzene rings is 3. The lowest BCUT2D eigenvalue weighted by atomic mass is 10.2. The largest absolute Gasteiger partial charge is 0.471 e. The Morgan fingerprint density at radius 1 is 1.03 bits per heavy atom. The predicted molar refractivity (Wildman–Crippen MR) is 127 cm³/mol. The monoisotopic (exact) mass is 532 g/mol. The summed E-state index contributed by atoms with van der Waals surface area (Å²) in [5.41, 5.74) is -1.42. The molecule has 0 aliphatic carbocycles. The number of carbonyl (C=O) groups is 1. The second-order valence-corrected chi connectivity index (χ2v) is 7.96. The van der Waals surface area contributed by atoms with E-state index in [0.29, 0.717) is 10.8 Å². The SMILES string of the molecule is O=C(Nc1cc(Oc2cccc(C(F)(F)F)c2)cc([N+](=O)[O-])c1)c1ccn(COc2cccc(Cl)c2)n1.